The van der Waals surface area contributed by atoms with Gasteiger partial charge in [-0.1, -0.05) is 44.9 Å². The number of nitrogens with one attached hydrogen (secondary N) is 1. The van der Waals surface area contributed by atoms with Crippen LogP contribution in [0.2, 0.25) is 0 Å². The van der Waals surface area contributed by atoms with E-state index in [1.807, 2.05) is 13.8 Å². The van der Waals surface area contributed by atoms with Crippen LogP contribution in [0.3, 0.4) is 0 Å². The van der Waals surface area contributed by atoms with Crippen molar-refractivity contribution in [3.8, 4) is 5.75 Å². The monoisotopic (exact) mass is 579 g/mol. The van der Waals surface area contributed by atoms with Crippen molar-refractivity contribution < 1.29 is 38.1 Å². The molecule has 1 aromatic carbocycles. The number of fused-ring (bicyclic) bond motifs is 1. The first kappa shape index (κ1) is 31.5. The van der Waals surface area contributed by atoms with E-state index in [2.05, 4.69) is 15.2 Å². The minimum Gasteiger partial charge on any atom is -0.464 e. The molecule has 0 saturated heterocycles. The molecule has 5 N–H and O–H groups in total. The molecular weight excluding hydrogens is 541 g/mol. The van der Waals surface area contributed by atoms with E-state index >= 15 is 0 Å². The highest BCUT2D eigenvalue weighted by Gasteiger charge is 2.36. The van der Waals surface area contributed by atoms with Gasteiger partial charge in [0.1, 0.15) is 41.9 Å². The van der Waals surface area contributed by atoms with E-state index in [9.17, 15) is 19.6 Å². The van der Waals surface area contributed by atoms with Gasteiger partial charge >= 0.3 is 13.7 Å². The number of aliphatic hydroxyl groups is 2. The van der Waals surface area contributed by atoms with Crippen LogP contribution in [0.15, 0.2) is 48.8 Å². The minimum atomic E-state index is -4.22. The van der Waals surface area contributed by atoms with Crippen LogP contribution in [0.25, 0.3) is 5.52 Å². The van der Waals surface area contributed by atoms with Crippen LogP contribution in [-0.2, 0) is 23.4 Å². The molecule has 0 aliphatic carbocycles. The summed E-state index contributed by atoms with van der Waals surface area (Å²) in [4.78, 5) is 16.5. The molecule has 0 aliphatic heterocycles. The molecule has 0 unspecified atom stereocenters. The van der Waals surface area contributed by atoms with Gasteiger partial charge < -0.3 is 29.9 Å². The summed E-state index contributed by atoms with van der Waals surface area (Å²) in [5.41, 5.74) is 6.53. The Kier molecular flexibility index (Phi) is 11.4. The van der Waals surface area contributed by atoms with Crippen molar-refractivity contribution >= 4 is 25.1 Å². The molecule has 0 aliphatic rings. The summed E-state index contributed by atoms with van der Waals surface area (Å²) >= 11 is 0. The van der Waals surface area contributed by atoms with Gasteiger partial charge in [0.25, 0.3) is 0 Å². The number of hydrogen-bond donors (Lipinski definition) is 4. The fourth-order valence-electron chi connectivity index (χ4n) is 3.90. The van der Waals surface area contributed by atoms with Crippen LogP contribution in [0.4, 0.5) is 5.82 Å². The molecule has 220 valence electrons. The fourth-order valence-corrected chi connectivity index (χ4v) is 5.40. The lowest BCUT2D eigenvalue weighted by molar-refractivity contribution is -0.146. The zero-order chi connectivity index (χ0) is 29.3. The highest BCUT2D eigenvalue weighted by Crippen LogP contribution is 2.45. The van der Waals surface area contributed by atoms with Crippen molar-refractivity contribution in [2.45, 2.75) is 58.0 Å². The van der Waals surface area contributed by atoms with E-state index in [1.54, 1.807) is 42.5 Å². The summed E-state index contributed by atoms with van der Waals surface area (Å²) in [7, 11) is -2.92. The van der Waals surface area contributed by atoms with Crippen molar-refractivity contribution in [2.24, 2.45) is 5.92 Å². The van der Waals surface area contributed by atoms with E-state index in [0.717, 1.165) is 12.8 Å². The van der Waals surface area contributed by atoms with Crippen LogP contribution >= 0.6 is 7.75 Å². The Morgan fingerprint density at radius 2 is 1.82 bits per heavy atom. The Hall–Kier alpha value is -3.06. The van der Waals surface area contributed by atoms with E-state index < -0.39 is 44.7 Å². The van der Waals surface area contributed by atoms with Gasteiger partial charge in [-0.2, -0.15) is 10.2 Å². The van der Waals surface area contributed by atoms with Crippen LogP contribution in [0.1, 0.15) is 45.4 Å². The number of carbonyl (C=O) groups excluding carboxylic acids is 1. The number of nitrogen functional groups attached to an aromatic ring is 1. The maximum absolute atomic E-state index is 13.8. The average Bonchev–Trinajstić information content (AvgIpc) is 3.39. The number of benzene rings is 1. The molecule has 5 atom stereocenters. The minimum absolute atomic E-state index is 0.201. The van der Waals surface area contributed by atoms with Crippen molar-refractivity contribution in [3.63, 3.8) is 0 Å². The molecule has 2 aromatic heterocycles. The first-order chi connectivity index (χ1) is 19.1. The first-order valence-electron chi connectivity index (χ1n) is 13.0. The van der Waals surface area contributed by atoms with E-state index in [1.165, 1.54) is 24.9 Å². The smallest absolute Gasteiger partial charge is 0.459 e. The number of carbonyl (C=O) groups is 1. The lowest BCUT2D eigenvalue weighted by atomic mass is 10.1. The summed E-state index contributed by atoms with van der Waals surface area (Å²) in [6, 6.07) is 10.4. The van der Waals surface area contributed by atoms with Gasteiger partial charge in [0.05, 0.1) is 18.9 Å². The Balaban J connectivity index is 1.73. The maximum atomic E-state index is 13.8. The second-order valence-electron chi connectivity index (χ2n) is 9.27. The second-order valence-corrected chi connectivity index (χ2v) is 11.0. The topological polar surface area (TPSA) is 180 Å². The summed E-state index contributed by atoms with van der Waals surface area (Å²) in [5.74, 6) is 0.0258. The third-order valence-corrected chi connectivity index (χ3v) is 8.16. The molecule has 2 heterocycles. The molecule has 14 heteroatoms. The van der Waals surface area contributed by atoms with Crippen LogP contribution in [0.5, 0.6) is 5.75 Å². The third kappa shape index (κ3) is 8.00. The summed E-state index contributed by atoms with van der Waals surface area (Å²) in [6.07, 6.45) is -1.24. The number of para-hydroxylation sites is 1. The molecule has 0 amide bonds. The number of rotatable bonds is 16. The van der Waals surface area contributed by atoms with E-state index in [0.29, 0.717) is 5.52 Å². The molecule has 40 heavy (non-hydrogen) atoms. The molecule has 0 radical (unpaired) electrons. The number of methoxy groups -OCH3 is 1. The van der Waals surface area contributed by atoms with Gasteiger partial charge in [-0.15, -0.1) is 0 Å². The van der Waals surface area contributed by atoms with E-state index in [4.69, 9.17) is 24.3 Å². The number of ether oxygens (including phenoxy) is 2. The molecule has 3 aromatic rings. The number of aliphatic hydroxyl groups excluding tert-OH is 2. The number of esters is 1. The SMILES string of the molecule is CCC(CC)COC(=O)[C@H](C)N[P@](=O)(OC[C@@H](OC)[C@@H](O)[C@@H](O)c1ccc2c(N)ncnn12)Oc1ccccc1. The number of nitrogens with two attached hydrogens (primary N) is 1. The Labute approximate surface area is 233 Å². The first-order valence-corrected chi connectivity index (χ1v) is 14.6. The molecule has 0 saturated carbocycles. The maximum Gasteiger partial charge on any atom is 0.459 e. The molecular formula is C26H38N5O8P. The number of anilines is 1. The van der Waals surface area contributed by atoms with Gasteiger partial charge in [0, 0.05) is 7.11 Å². The second kappa shape index (κ2) is 14.5. The zero-order valence-electron chi connectivity index (χ0n) is 23.0. The summed E-state index contributed by atoms with van der Waals surface area (Å²) in [6.45, 7) is 5.28. The Bertz CT molecular complexity index is 1270. The lowest BCUT2D eigenvalue weighted by Crippen LogP contribution is -2.40. The van der Waals surface area contributed by atoms with Gasteiger partial charge in [-0.25, -0.2) is 14.1 Å². The average molecular weight is 580 g/mol. The van der Waals surface area contributed by atoms with Gasteiger partial charge in [-0.05, 0) is 37.1 Å². The van der Waals surface area contributed by atoms with Crippen LogP contribution in [0, 0.1) is 5.92 Å². The predicted molar refractivity (Wildman–Crippen MR) is 147 cm³/mol. The molecule has 13 nitrogen and oxygen atoms in total. The Morgan fingerprint density at radius 3 is 2.48 bits per heavy atom. The highest BCUT2D eigenvalue weighted by atomic mass is 31.2. The van der Waals surface area contributed by atoms with Crippen LogP contribution < -0.4 is 15.3 Å². The summed E-state index contributed by atoms with van der Waals surface area (Å²) < 4.78 is 37.2. The van der Waals surface area contributed by atoms with Crippen molar-refractivity contribution in [1.29, 1.82) is 0 Å². The quantitative estimate of drug-likeness (QED) is 0.144. The molecule has 0 bridgehead atoms. The molecule has 3 rings (SSSR count). The van der Waals surface area contributed by atoms with Gasteiger partial charge in [0.2, 0.25) is 0 Å². The zero-order valence-corrected chi connectivity index (χ0v) is 23.9. The number of nitrogens with zero attached hydrogens (tertiary/aromatic N) is 3. The van der Waals surface area contributed by atoms with Gasteiger partial charge in [0.15, 0.2) is 5.82 Å². The van der Waals surface area contributed by atoms with Gasteiger partial charge in [-0.3, -0.25) is 9.32 Å². The molecule has 0 spiro atoms. The Morgan fingerprint density at radius 1 is 1.12 bits per heavy atom. The van der Waals surface area contributed by atoms with Crippen molar-refractivity contribution in [2.75, 3.05) is 26.1 Å². The highest BCUT2D eigenvalue weighted by molar-refractivity contribution is 7.52. The predicted octanol–water partition coefficient (Wildman–Crippen LogP) is 2.88. The largest absolute Gasteiger partial charge is 0.464 e. The number of aromatic nitrogens is 3. The van der Waals surface area contributed by atoms with E-state index in [-0.39, 0.29) is 29.8 Å². The third-order valence-electron chi connectivity index (χ3n) is 6.52. The lowest BCUT2D eigenvalue weighted by Gasteiger charge is -2.28. The van der Waals surface area contributed by atoms with Crippen molar-refractivity contribution in [1.82, 2.24) is 19.7 Å². The van der Waals surface area contributed by atoms with Crippen molar-refractivity contribution in [3.05, 3.63) is 54.5 Å². The number of hydrogen-bond acceptors (Lipinski definition) is 11. The fraction of sp³-hybridized carbons (Fsp3) is 0.500. The summed E-state index contributed by atoms with van der Waals surface area (Å²) in [5, 5.41) is 28.5. The van der Waals surface area contributed by atoms with Crippen LogP contribution in [-0.4, -0.2) is 69.4 Å². The molecule has 0 fully saturated rings. The normalized spacial score (nSPS) is 16.3. The standard InChI is InChI=1S/C26H38N5O8P/c1-5-18(6-2)14-37-26(34)17(3)30-40(35,39-19-10-8-7-9-11-19)38-15-22(36-4)24(33)23(32)20-12-13-21-25(27)28-16-29-31(20)21/h7-13,16-18,22-24,32-33H,5-6,14-15H2,1-4H3,(H,30,35)(H2,27,28,29)/t17-,22+,23-,24+,40-/m0/s1.